The van der Waals surface area contributed by atoms with Crippen LogP contribution in [0.5, 0.6) is 0 Å². The van der Waals surface area contributed by atoms with E-state index in [4.69, 9.17) is 0 Å². The summed E-state index contributed by atoms with van der Waals surface area (Å²) in [5.74, 6) is -0.114. The Morgan fingerprint density at radius 3 is 2.43 bits per heavy atom. The molecular weight excluding hydrogens is 394 g/mol. The summed E-state index contributed by atoms with van der Waals surface area (Å²) in [5.41, 5.74) is 2.13. The van der Waals surface area contributed by atoms with Gasteiger partial charge in [-0.15, -0.1) is 11.8 Å². The number of nitrogens with zero attached hydrogens (tertiary/aromatic N) is 3. The zero-order chi connectivity index (χ0) is 21.1. The van der Waals surface area contributed by atoms with Crippen molar-refractivity contribution in [2.45, 2.75) is 30.2 Å². The molecule has 5 nitrogen and oxygen atoms in total. The van der Waals surface area contributed by atoms with Gasteiger partial charge < -0.3 is 14.7 Å². The van der Waals surface area contributed by atoms with E-state index in [1.807, 2.05) is 48.5 Å². The van der Waals surface area contributed by atoms with Gasteiger partial charge in [0.25, 0.3) is 0 Å². The third-order valence-electron chi connectivity index (χ3n) is 6.32. The number of thioether (sulfide) groups is 1. The quantitative estimate of drug-likeness (QED) is 0.685. The van der Waals surface area contributed by atoms with Crippen molar-refractivity contribution in [1.82, 2.24) is 4.90 Å². The van der Waals surface area contributed by atoms with E-state index in [1.54, 1.807) is 16.7 Å². The summed E-state index contributed by atoms with van der Waals surface area (Å²) in [6, 6.07) is 18.7. The van der Waals surface area contributed by atoms with Crippen LogP contribution >= 0.6 is 11.8 Å². The lowest BCUT2D eigenvalue weighted by Gasteiger charge is -2.38. The zero-order valence-electron chi connectivity index (χ0n) is 17.7. The molecule has 2 aliphatic rings. The number of carbonyl (C=O) groups excluding carboxylic acids is 2. The molecule has 2 saturated heterocycles. The van der Waals surface area contributed by atoms with Crippen LogP contribution in [0.25, 0.3) is 0 Å². The van der Waals surface area contributed by atoms with Crippen molar-refractivity contribution in [1.29, 1.82) is 0 Å². The SMILES string of the molecule is CSc1cccc(N2C[C@H](C(=O)N(C)C3CCN(c4ccccc4)CC3)CC2=O)c1. The van der Waals surface area contributed by atoms with Gasteiger partial charge in [-0.05, 0) is 49.4 Å². The predicted octanol–water partition coefficient (Wildman–Crippen LogP) is 3.89. The summed E-state index contributed by atoms with van der Waals surface area (Å²) in [4.78, 5) is 33.0. The van der Waals surface area contributed by atoms with Crippen LogP contribution in [0.3, 0.4) is 0 Å². The predicted molar refractivity (Wildman–Crippen MR) is 123 cm³/mol. The molecule has 0 aromatic heterocycles. The molecule has 0 saturated carbocycles. The molecule has 0 N–H and O–H groups in total. The van der Waals surface area contributed by atoms with Gasteiger partial charge in [0.2, 0.25) is 11.8 Å². The van der Waals surface area contributed by atoms with Gasteiger partial charge >= 0.3 is 0 Å². The molecule has 2 heterocycles. The van der Waals surface area contributed by atoms with Crippen LogP contribution in [0.15, 0.2) is 59.5 Å². The fourth-order valence-electron chi connectivity index (χ4n) is 4.52. The first-order valence-electron chi connectivity index (χ1n) is 10.6. The lowest BCUT2D eigenvalue weighted by Crippen LogP contribution is -2.47. The molecule has 30 heavy (non-hydrogen) atoms. The van der Waals surface area contributed by atoms with Crippen LogP contribution in [0, 0.1) is 5.92 Å². The maximum Gasteiger partial charge on any atom is 0.228 e. The third-order valence-corrected chi connectivity index (χ3v) is 7.05. The van der Waals surface area contributed by atoms with Crippen molar-refractivity contribution in [3.8, 4) is 0 Å². The van der Waals surface area contributed by atoms with Gasteiger partial charge in [-0.3, -0.25) is 9.59 Å². The van der Waals surface area contributed by atoms with Gasteiger partial charge in [-0.1, -0.05) is 24.3 Å². The van der Waals surface area contributed by atoms with E-state index >= 15 is 0 Å². The van der Waals surface area contributed by atoms with E-state index in [0.717, 1.165) is 36.5 Å². The second-order valence-electron chi connectivity index (χ2n) is 8.11. The lowest BCUT2D eigenvalue weighted by molar-refractivity contribution is -0.136. The second kappa shape index (κ2) is 9.13. The van der Waals surface area contributed by atoms with Gasteiger partial charge in [-0.2, -0.15) is 0 Å². The smallest absolute Gasteiger partial charge is 0.228 e. The summed E-state index contributed by atoms with van der Waals surface area (Å²) in [5, 5.41) is 0. The van der Waals surface area contributed by atoms with Crippen LogP contribution in [0.4, 0.5) is 11.4 Å². The number of rotatable bonds is 5. The Hall–Kier alpha value is -2.47. The summed E-state index contributed by atoms with van der Waals surface area (Å²) in [6.07, 6.45) is 4.24. The average molecular weight is 424 g/mol. The molecule has 158 valence electrons. The highest BCUT2D eigenvalue weighted by Gasteiger charge is 2.38. The molecule has 0 radical (unpaired) electrons. The third kappa shape index (κ3) is 4.33. The van der Waals surface area contributed by atoms with Gasteiger partial charge in [0.1, 0.15) is 0 Å². The van der Waals surface area contributed by atoms with Crippen LogP contribution in [0.2, 0.25) is 0 Å². The second-order valence-corrected chi connectivity index (χ2v) is 8.99. The first-order valence-corrected chi connectivity index (χ1v) is 11.8. The molecule has 2 amide bonds. The Bertz CT molecular complexity index is 896. The number of hydrogen-bond acceptors (Lipinski definition) is 4. The topological polar surface area (TPSA) is 43.9 Å². The molecule has 2 fully saturated rings. The molecule has 4 rings (SSSR count). The number of carbonyl (C=O) groups is 2. The van der Waals surface area contributed by atoms with Crippen molar-refractivity contribution in [3.63, 3.8) is 0 Å². The van der Waals surface area contributed by atoms with Crippen molar-refractivity contribution >= 4 is 35.0 Å². The van der Waals surface area contributed by atoms with Gasteiger partial charge in [0, 0.05) is 55.4 Å². The molecule has 0 aliphatic carbocycles. The van der Waals surface area contributed by atoms with Gasteiger partial charge in [-0.25, -0.2) is 0 Å². The monoisotopic (exact) mass is 423 g/mol. The van der Waals surface area contributed by atoms with Crippen LogP contribution in [0.1, 0.15) is 19.3 Å². The fraction of sp³-hybridized carbons (Fsp3) is 0.417. The molecular formula is C24H29N3O2S. The molecule has 2 aliphatic heterocycles. The minimum absolute atomic E-state index is 0.0406. The minimum atomic E-state index is -0.257. The Morgan fingerprint density at radius 2 is 1.73 bits per heavy atom. The van der Waals surface area contributed by atoms with Crippen LogP contribution < -0.4 is 9.80 Å². The standard InChI is InChI=1S/C24H29N3O2S/c1-25(19-11-13-26(14-12-19)20-7-4-3-5-8-20)24(29)18-15-23(28)27(17-18)21-9-6-10-22(16-21)30-2/h3-10,16,18-19H,11-15,17H2,1-2H3/t18-/m1/s1. The van der Waals surface area contributed by atoms with Crippen molar-refractivity contribution in [2.24, 2.45) is 5.92 Å². The summed E-state index contributed by atoms with van der Waals surface area (Å²) >= 11 is 1.66. The number of anilines is 2. The lowest BCUT2D eigenvalue weighted by atomic mass is 10.00. The zero-order valence-corrected chi connectivity index (χ0v) is 18.5. The summed E-state index contributed by atoms with van der Waals surface area (Å²) in [6.45, 7) is 2.37. The number of amides is 2. The highest BCUT2D eigenvalue weighted by molar-refractivity contribution is 7.98. The maximum atomic E-state index is 13.2. The van der Waals surface area contributed by atoms with Gasteiger partial charge in [0.05, 0.1) is 5.92 Å². The van der Waals surface area contributed by atoms with Gasteiger partial charge in [0.15, 0.2) is 0 Å². The number of piperidine rings is 1. The van der Waals surface area contributed by atoms with Crippen molar-refractivity contribution < 1.29 is 9.59 Å². The van der Waals surface area contributed by atoms with Crippen LogP contribution in [-0.4, -0.2) is 55.7 Å². The highest BCUT2D eigenvalue weighted by Crippen LogP contribution is 2.30. The first-order chi connectivity index (χ1) is 14.6. The van der Waals surface area contributed by atoms with E-state index in [1.165, 1.54) is 5.69 Å². The number of para-hydroxylation sites is 1. The Labute approximate surface area is 183 Å². The Balaban J connectivity index is 1.36. The largest absolute Gasteiger partial charge is 0.371 e. The highest BCUT2D eigenvalue weighted by atomic mass is 32.2. The van der Waals surface area contributed by atoms with E-state index in [2.05, 4.69) is 29.2 Å². The van der Waals surface area contributed by atoms with Crippen LogP contribution in [-0.2, 0) is 9.59 Å². The molecule has 0 bridgehead atoms. The molecule has 1 atom stereocenters. The van der Waals surface area contributed by atoms with E-state index in [9.17, 15) is 9.59 Å². The average Bonchev–Trinajstić information content (AvgIpc) is 3.20. The fourth-order valence-corrected chi connectivity index (χ4v) is 4.97. The Morgan fingerprint density at radius 1 is 1.03 bits per heavy atom. The summed E-state index contributed by atoms with van der Waals surface area (Å²) < 4.78 is 0. The minimum Gasteiger partial charge on any atom is -0.371 e. The molecule has 0 spiro atoms. The molecule has 2 aromatic carbocycles. The number of hydrogen-bond donors (Lipinski definition) is 0. The van der Waals surface area contributed by atoms with E-state index in [-0.39, 0.29) is 23.8 Å². The van der Waals surface area contributed by atoms with E-state index in [0.29, 0.717) is 13.0 Å². The van der Waals surface area contributed by atoms with Crippen molar-refractivity contribution in [2.75, 3.05) is 42.7 Å². The van der Waals surface area contributed by atoms with Crippen molar-refractivity contribution in [3.05, 3.63) is 54.6 Å². The normalized spacial score (nSPS) is 19.9. The molecule has 0 unspecified atom stereocenters. The molecule has 2 aromatic rings. The molecule has 6 heteroatoms. The van der Waals surface area contributed by atoms with E-state index < -0.39 is 0 Å². The maximum absolute atomic E-state index is 13.2. The first kappa shape index (κ1) is 20.8. The number of benzene rings is 2. The summed E-state index contributed by atoms with van der Waals surface area (Å²) in [7, 11) is 1.91. The Kier molecular flexibility index (Phi) is 6.32.